The number of benzene rings is 2. The van der Waals surface area contributed by atoms with E-state index in [9.17, 15) is 4.79 Å². The van der Waals surface area contributed by atoms with E-state index in [1.165, 1.54) is 16.8 Å². The molecule has 0 fully saturated rings. The number of halogens is 2. The third-order valence-corrected chi connectivity index (χ3v) is 4.94. The van der Waals surface area contributed by atoms with E-state index in [4.69, 9.17) is 42.5 Å². The van der Waals surface area contributed by atoms with Gasteiger partial charge in [0.25, 0.3) is 0 Å². The molecule has 31 heavy (non-hydrogen) atoms. The van der Waals surface area contributed by atoms with E-state index >= 15 is 0 Å². The summed E-state index contributed by atoms with van der Waals surface area (Å²) in [7, 11) is 3.29. The smallest absolute Gasteiger partial charge is 0.328 e. The number of hydrogen-bond acceptors (Lipinski definition) is 5. The molecule has 0 spiro atoms. The van der Waals surface area contributed by atoms with Gasteiger partial charge in [0.2, 0.25) is 5.88 Å². The number of hydrogen-bond donors (Lipinski definition) is 1. The van der Waals surface area contributed by atoms with Crippen molar-refractivity contribution in [3.8, 4) is 23.1 Å². The number of aryl methyl sites for hydroxylation is 2. The average Bonchev–Trinajstić information content (AvgIpc) is 3.00. The first kappa shape index (κ1) is 22.5. The van der Waals surface area contributed by atoms with Crippen LogP contribution in [0.15, 0.2) is 42.5 Å². The van der Waals surface area contributed by atoms with Crippen molar-refractivity contribution in [3.63, 3.8) is 0 Å². The molecule has 0 saturated heterocycles. The fourth-order valence-corrected chi connectivity index (χ4v) is 3.28. The second-order valence-electron chi connectivity index (χ2n) is 6.55. The summed E-state index contributed by atoms with van der Waals surface area (Å²) in [5, 5.41) is 13.8. The van der Waals surface area contributed by atoms with Crippen LogP contribution in [0.3, 0.4) is 0 Å². The molecule has 3 rings (SSSR count). The first-order valence-corrected chi connectivity index (χ1v) is 9.91. The Morgan fingerprint density at radius 2 is 1.84 bits per heavy atom. The summed E-state index contributed by atoms with van der Waals surface area (Å²) >= 11 is 12.6. The number of rotatable bonds is 8. The van der Waals surface area contributed by atoms with Crippen LogP contribution < -0.4 is 14.2 Å². The van der Waals surface area contributed by atoms with Crippen LogP contribution in [0, 0.1) is 6.92 Å². The Kier molecular flexibility index (Phi) is 7.09. The molecular formula is C22H20Cl2N2O5. The summed E-state index contributed by atoms with van der Waals surface area (Å²) in [5.74, 6) is 0.693. The van der Waals surface area contributed by atoms with E-state index in [0.29, 0.717) is 33.7 Å². The number of nitrogens with zero attached hydrogens (tertiary/aromatic N) is 2. The lowest BCUT2D eigenvalue weighted by atomic mass is 10.2. The molecule has 1 aromatic heterocycles. The number of methoxy groups -OCH3 is 1. The van der Waals surface area contributed by atoms with Crippen LogP contribution in [0.5, 0.6) is 23.1 Å². The van der Waals surface area contributed by atoms with Gasteiger partial charge in [0.05, 0.1) is 28.4 Å². The maximum atomic E-state index is 10.9. The first-order chi connectivity index (χ1) is 14.8. The van der Waals surface area contributed by atoms with Crippen LogP contribution in [0.4, 0.5) is 0 Å². The summed E-state index contributed by atoms with van der Waals surface area (Å²) in [5.41, 5.74) is 2.06. The monoisotopic (exact) mass is 462 g/mol. The summed E-state index contributed by atoms with van der Waals surface area (Å²) in [6.07, 6.45) is 2.44. The second-order valence-corrected chi connectivity index (χ2v) is 7.37. The van der Waals surface area contributed by atoms with Crippen molar-refractivity contribution in [2.75, 3.05) is 7.11 Å². The highest BCUT2D eigenvalue weighted by Gasteiger charge is 2.17. The zero-order valence-corrected chi connectivity index (χ0v) is 18.6. The quantitative estimate of drug-likeness (QED) is 0.444. The van der Waals surface area contributed by atoms with Crippen LogP contribution in [-0.2, 0) is 18.4 Å². The molecule has 2 aromatic carbocycles. The molecule has 0 aliphatic rings. The van der Waals surface area contributed by atoms with E-state index in [1.54, 1.807) is 27.1 Å². The molecule has 0 bridgehead atoms. The molecule has 0 atom stereocenters. The zero-order valence-electron chi connectivity index (χ0n) is 17.1. The minimum atomic E-state index is -1.08. The molecule has 7 nitrogen and oxygen atoms in total. The fourth-order valence-electron chi connectivity index (χ4n) is 2.81. The standard InChI is InChI=1S/C22H20Cl2N2O5/c1-13-16(8-9-21(27)28)22(26(2)25-13)31-20-11-19(17(23)10-18(20)24)30-12-14-4-6-15(29-3)7-5-14/h4-11H,12H2,1-3H3,(H,27,28). The molecule has 0 unspecified atom stereocenters. The molecule has 3 aromatic rings. The van der Waals surface area contributed by atoms with Crippen LogP contribution in [0.1, 0.15) is 16.8 Å². The average molecular weight is 463 g/mol. The Balaban J connectivity index is 1.85. The summed E-state index contributed by atoms with van der Waals surface area (Å²) in [6, 6.07) is 10.6. The molecular weight excluding hydrogens is 443 g/mol. The van der Waals surface area contributed by atoms with E-state index < -0.39 is 5.97 Å². The third kappa shape index (κ3) is 5.51. The van der Waals surface area contributed by atoms with E-state index in [-0.39, 0.29) is 11.6 Å². The van der Waals surface area contributed by atoms with Gasteiger partial charge in [-0.25, -0.2) is 9.48 Å². The molecule has 9 heteroatoms. The number of ether oxygens (including phenoxy) is 3. The normalized spacial score (nSPS) is 11.0. The lowest BCUT2D eigenvalue weighted by molar-refractivity contribution is -0.131. The van der Waals surface area contributed by atoms with Crippen molar-refractivity contribution >= 4 is 35.2 Å². The molecule has 0 saturated carbocycles. The van der Waals surface area contributed by atoms with Gasteiger partial charge in [-0.1, -0.05) is 35.3 Å². The van der Waals surface area contributed by atoms with Gasteiger partial charge < -0.3 is 19.3 Å². The van der Waals surface area contributed by atoms with Crippen LogP contribution in [0.2, 0.25) is 10.0 Å². The Labute approximate surface area is 189 Å². The molecule has 1 N–H and O–H groups in total. The highest BCUT2D eigenvalue weighted by molar-refractivity contribution is 6.36. The fraction of sp³-hybridized carbons (Fsp3) is 0.182. The van der Waals surface area contributed by atoms with Gasteiger partial charge in [0, 0.05) is 19.2 Å². The highest BCUT2D eigenvalue weighted by Crippen LogP contribution is 2.39. The SMILES string of the molecule is COc1ccc(COc2cc(Oc3c(C=CC(=O)O)c(C)nn3C)c(Cl)cc2Cl)cc1. The van der Waals surface area contributed by atoms with Gasteiger partial charge in [-0.3, -0.25) is 0 Å². The van der Waals surface area contributed by atoms with Crippen LogP contribution in [-0.4, -0.2) is 28.0 Å². The van der Waals surface area contributed by atoms with Gasteiger partial charge in [-0.15, -0.1) is 0 Å². The summed E-state index contributed by atoms with van der Waals surface area (Å²) in [6.45, 7) is 2.03. The molecule has 162 valence electrons. The number of aromatic nitrogens is 2. The molecule has 0 aliphatic heterocycles. The van der Waals surface area contributed by atoms with Gasteiger partial charge >= 0.3 is 5.97 Å². The van der Waals surface area contributed by atoms with Crippen molar-refractivity contribution in [1.82, 2.24) is 9.78 Å². The van der Waals surface area contributed by atoms with Crippen molar-refractivity contribution in [2.45, 2.75) is 13.5 Å². The topological polar surface area (TPSA) is 82.8 Å². The van der Waals surface area contributed by atoms with Gasteiger partial charge in [-0.05, 0) is 36.8 Å². The summed E-state index contributed by atoms with van der Waals surface area (Å²) < 4.78 is 18.5. The Morgan fingerprint density at radius 1 is 1.16 bits per heavy atom. The third-order valence-electron chi connectivity index (χ3n) is 4.35. The van der Waals surface area contributed by atoms with Crippen molar-refractivity contribution in [1.29, 1.82) is 0 Å². The number of carboxylic acids is 1. The molecule has 1 heterocycles. The maximum absolute atomic E-state index is 10.9. The number of carboxylic acid groups (broad SMARTS) is 1. The lowest BCUT2D eigenvalue weighted by Crippen LogP contribution is -1.99. The number of carbonyl (C=O) groups is 1. The largest absolute Gasteiger partial charge is 0.497 e. The van der Waals surface area contributed by atoms with Crippen molar-refractivity contribution in [2.24, 2.45) is 7.05 Å². The predicted octanol–water partition coefficient (Wildman–Crippen LogP) is 5.51. The minimum Gasteiger partial charge on any atom is -0.497 e. The summed E-state index contributed by atoms with van der Waals surface area (Å²) in [4.78, 5) is 10.9. The first-order valence-electron chi connectivity index (χ1n) is 9.15. The van der Waals surface area contributed by atoms with Crippen molar-refractivity contribution in [3.05, 3.63) is 69.3 Å². The van der Waals surface area contributed by atoms with E-state index in [2.05, 4.69) is 5.10 Å². The molecule has 0 aliphatic carbocycles. The highest BCUT2D eigenvalue weighted by atomic mass is 35.5. The van der Waals surface area contributed by atoms with E-state index in [0.717, 1.165) is 17.4 Å². The predicted molar refractivity (Wildman–Crippen MR) is 118 cm³/mol. The Hall–Kier alpha value is -3.16. The van der Waals surface area contributed by atoms with Gasteiger partial charge in [0.1, 0.15) is 18.1 Å². The van der Waals surface area contributed by atoms with Crippen molar-refractivity contribution < 1.29 is 24.1 Å². The second kappa shape index (κ2) is 9.76. The lowest BCUT2D eigenvalue weighted by Gasteiger charge is -2.13. The Morgan fingerprint density at radius 3 is 2.48 bits per heavy atom. The van der Waals surface area contributed by atoms with Crippen LogP contribution in [0.25, 0.3) is 6.08 Å². The van der Waals surface area contributed by atoms with Crippen LogP contribution >= 0.6 is 23.2 Å². The molecule has 0 radical (unpaired) electrons. The zero-order chi connectivity index (χ0) is 22.5. The molecule has 0 amide bonds. The number of aliphatic carboxylic acids is 1. The minimum absolute atomic E-state index is 0.272. The Bertz CT molecular complexity index is 1120. The van der Waals surface area contributed by atoms with E-state index in [1.807, 2.05) is 24.3 Å². The van der Waals surface area contributed by atoms with Gasteiger partial charge in [0.15, 0.2) is 5.75 Å². The maximum Gasteiger partial charge on any atom is 0.328 e. The van der Waals surface area contributed by atoms with Gasteiger partial charge in [-0.2, -0.15) is 5.10 Å².